The van der Waals surface area contributed by atoms with Gasteiger partial charge in [0.15, 0.2) is 16.6 Å². The van der Waals surface area contributed by atoms with E-state index in [0.717, 1.165) is 25.7 Å². The van der Waals surface area contributed by atoms with Crippen molar-refractivity contribution < 1.29 is 13.6 Å². The Morgan fingerprint density at radius 3 is 1.94 bits per heavy atom. The standard InChI is InChI=1S/C31H56O3Si2/c1-13-15-24-27-23(26(19-18-25(27)28(24)32)33-35(9,10)29(2,3)4)20-21-31(8,22-16-14-17-22)34-36(11,12)30(5,6)7/h22-27H,13-19H2,1-12H3/t23-,24?,25-,26+,27-,31-/m1/s1. The summed E-state index contributed by atoms with van der Waals surface area (Å²) in [6.07, 6.45) is 7.80. The molecule has 3 saturated carbocycles. The first-order valence-corrected chi connectivity index (χ1v) is 20.6. The lowest BCUT2D eigenvalue weighted by Gasteiger charge is -2.53. The maximum absolute atomic E-state index is 13.0. The molecule has 1 unspecified atom stereocenters. The molecular formula is C31H56O3Si2. The Kier molecular flexibility index (Phi) is 8.61. The average Bonchev–Trinajstić information content (AvgIpc) is 2.66. The van der Waals surface area contributed by atoms with E-state index in [9.17, 15) is 4.79 Å². The first kappa shape index (κ1) is 30.1. The van der Waals surface area contributed by atoms with E-state index in [1.807, 2.05) is 0 Å². The zero-order valence-corrected chi connectivity index (χ0v) is 27.6. The first-order chi connectivity index (χ1) is 16.3. The van der Waals surface area contributed by atoms with Crippen LogP contribution in [0.25, 0.3) is 0 Å². The molecule has 0 N–H and O–H groups in total. The molecule has 3 aliphatic rings. The zero-order valence-electron chi connectivity index (χ0n) is 25.6. The van der Waals surface area contributed by atoms with Gasteiger partial charge >= 0.3 is 0 Å². The number of carbonyl (C=O) groups is 1. The van der Waals surface area contributed by atoms with Gasteiger partial charge in [0.2, 0.25) is 0 Å². The molecular weight excluding hydrogens is 477 g/mol. The summed E-state index contributed by atoms with van der Waals surface area (Å²) in [5.74, 6) is 9.49. The van der Waals surface area contributed by atoms with Crippen LogP contribution in [-0.4, -0.2) is 34.1 Å². The van der Waals surface area contributed by atoms with Crippen molar-refractivity contribution in [2.75, 3.05) is 0 Å². The van der Waals surface area contributed by atoms with E-state index >= 15 is 0 Å². The number of hydrogen-bond donors (Lipinski definition) is 0. The second kappa shape index (κ2) is 10.3. The van der Waals surface area contributed by atoms with Gasteiger partial charge in [-0.3, -0.25) is 4.79 Å². The van der Waals surface area contributed by atoms with Crippen molar-refractivity contribution in [1.82, 2.24) is 0 Å². The van der Waals surface area contributed by atoms with E-state index in [4.69, 9.17) is 8.85 Å². The van der Waals surface area contributed by atoms with Gasteiger partial charge in [0, 0.05) is 17.8 Å². The summed E-state index contributed by atoms with van der Waals surface area (Å²) in [5.41, 5.74) is -0.413. The fourth-order valence-electron chi connectivity index (χ4n) is 6.02. The van der Waals surface area contributed by atoms with Gasteiger partial charge in [-0.05, 0) is 87.1 Å². The van der Waals surface area contributed by atoms with Gasteiger partial charge in [0.1, 0.15) is 11.4 Å². The topological polar surface area (TPSA) is 35.5 Å². The molecule has 0 bridgehead atoms. The molecule has 36 heavy (non-hydrogen) atoms. The Labute approximate surface area is 225 Å². The molecule has 0 saturated heterocycles. The van der Waals surface area contributed by atoms with E-state index in [0.29, 0.717) is 17.6 Å². The Bertz CT molecular complexity index is 865. The summed E-state index contributed by atoms with van der Waals surface area (Å²) in [6.45, 7) is 27.8. The Morgan fingerprint density at radius 1 is 0.889 bits per heavy atom. The molecule has 3 aliphatic carbocycles. The zero-order chi connectivity index (χ0) is 27.3. The van der Waals surface area contributed by atoms with Crippen LogP contribution in [-0.2, 0) is 13.6 Å². The summed E-state index contributed by atoms with van der Waals surface area (Å²) < 4.78 is 14.2. The van der Waals surface area contributed by atoms with Crippen molar-refractivity contribution >= 4 is 22.4 Å². The minimum Gasteiger partial charge on any atom is -0.413 e. The van der Waals surface area contributed by atoms with Crippen LogP contribution in [0.3, 0.4) is 0 Å². The maximum Gasteiger partial charge on any atom is 0.194 e. The van der Waals surface area contributed by atoms with Crippen LogP contribution in [0.15, 0.2) is 0 Å². The molecule has 0 aromatic carbocycles. The van der Waals surface area contributed by atoms with Crippen molar-refractivity contribution in [3.63, 3.8) is 0 Å². The van der Waals surface area contributed by atoms with Crippen molar-refractivity contribution in [2.45, 2.75) is 148 Å². The SMILES string of the molecule is CCCC1C(=O)[C@@H]2CC[C@H](O[Si](C)(C)C(C)(C)C)[C@@H](C#C[C@@](C)(O[Si](C)(C)C(C)(C)C)C3CCC3)[C@H]12. The number of carbonyl (C=O) groups excluding carboxylic acids is 1. The maximum atomic E-state index is 13.0. The predicted molar refractivity (Wildman–Crippen MR) is 157 cm³/mol. The van der Waals surface area contributed by atoms with Crippen molar-refractivity contribution in [1.29, 1.82) is 0 Å². The van der Waals surface area contributed by atoms with E-state index in [1.54, 1.807) is 0 Å². The molecule has 0 spiro atoms. The predicted octanol–water partition coefficient (Wildman–Crippen LogP) is 8.60. The van der Waals surface area contributed by atoms with E-state index in [2.05, 4.69) is 93.4 Å². The van der Waals surface area contributed by atoms with Crippen LogP contribution in [0.1, 0.15) is 100 Å². The molecule has 3 nitrogen and oxygen atoms in total. The molecule has 3 rings (SSSR count). The number of hydrogen-bond acceptors (Lipinski definition) is 3. The molecule has 6 atom stereocenters. The molecule has 0 amide bonds. The van der Waals surface area contributed by atoms with Crippen molar-refractivity contribution in [3.8, 4) is 11.8 Å². The Balaban J connectivity index is 1.99. The summed E-state index contributed by atoms with van der Waals surface area (Å²) in [7, 11) is -3.94. The highest BCUT2D eigenvalue weighted by Crippen LogP contribution is 2.53. The largest absolute Gasteiger partial charge is 0.413 e. The van der Waals surface area contributed by atoms with Gasteiger partial charge < -0.3 is 8.85 Å². The molecule has 0 heterocycles. The Morgan fingerprint density at radius 2 is 1.47 bits per heavy atom. The third-order valence-corrected chi connectivity index (χ3v) is 19.8. The second-order valence-corrected chi connectivity index (χ2v) is 24.8. The number of rotatable bonds is 7. The summed E-state index contributed by atoms with van der Waals surface area (Å²) >= 11 is 0. The smallest absolute Gasteiger partial charge is 0.194 e. The van der Waals surface area contributed by atoms with Crippen LogP contribution in [0, 0.1) is 41.4 Å². The lowest BCUT2D eigenvalue weighted by atomic mass is 9.52. The highest BCUT2D eigenvalue weighted by atomic mass is 28.4. The van der Waals surface area contributed by atoms with Gasteiger partial charge in [-0.25, -0.2) is 0 Å². The quantitative estimate of drug-likeness (QED) is 0.243. The van der Waals surface area contributed by atoms with Crippen LogP contribution in [0.5, 0.6) is 0 Å². The van der Waals surface area contributed by atoms with Crippen LogP contribution >= 0.6 is 0 Å². The monoisotopic (exact) mass is 532 g/mol. The van der Waals surface area contributed by atoms with Gasteiger partial charge in [-0.1, -0.05) is 73.1 Å². The van der Waals surface area contributed by atoms with E-state index in [1.165, 1.54) is 19.3 Å². The molecule has 3 fully saturated rings. The summed E-state index contributed by atoms with van der Waals surface area (Å²) in [4.78, 5) is 13.0. The minimum atomic E-state index is -1.99. The van der Waals surface area contributed by atoms with Crippen molar-refractivity contribution in [2.24, 2.45) is 29.6 Å². The normalized spacial score (nSPS) is 31.4. The van der Waals surface area contributed by atoms with Gasteiger partial charge in [0.25, 0.3) is 0 Å². The molecule has 0 radical (unpaired) electrons. The Hall–Kier alpha value is -0.416. The average molecular weight is 533 g/mol. The van der Waals surface area contributed by atoms with E-state index < -0.39 is 22.2 Å². The molecule has 0 aromatic heterocycles. The molecule has 5 heteroatoms. The summed E-state index contributed by atoms with van der Waals surface area (Å²) in [5, 5.41) is 0.308. The fraction of sp³-hybridized carbons (Fsp3) is 0.903. The molecule has 0 aliphatic heterocycles. The van der Waals surface area contributed by atoms with Crippen molar-refractivity contribution in [3.05, 3.63) is 0 Å². The number of Topliss-reactive ketones (excluding diaryl/α,β-unsaturated/α-hetero) is 1. The summed E-state index contributed by atoms with van der Waals surface area (Å²) in [6, 6.07) is 0. The first-order valence-electron chi connectivity index (χ1n) is 14.8. The third kappa shape index (κ3) is 5.77. The number of ketones is 1. The van der Waals surface area contributed by atoms with E-state index in [-0.39, 0.29) is 33.9 Å². The van der Waals surface area contributed by atoms with Crippen LogP contribution in [0.2, 0.25) is 36.3 Å². The fourth-order valence-corrected chi connectivity index (χ4v) is 8.98. The third-order valence-electron chi connectivity index (χ3n) is 10.7. The molecule has 206 valence electrons. The van der Waals surface area contributed by atoms with Crippen LogP contribution in [0.4, 0.5) is 0 Å². The lowest BCUT2D eigenvalue weighted by Crippen LogP contribution is -2.58. The van der Waals surface area contributed by atoms with Gasteiger partial charge in [0.05, 0.1) is 6.10 Å². The van der Waals surface area contributed by atoms with Crippen LogP contribution < -0.4 is 0 Å². The molecule has 0 aromatic rings. The van der Waals surface area contributed by atoms with Gasteiger partial charge in [-0.2, -0.15) is 0 Å². The minimum absolute atomic E-state index is 0.130. The van der Waals surface area contributed by atoms with Gasteiger partial charge in [-0.15, -0.1) is 0 Å². The number of fused-ring (bicyclic) bond motifs is 1. The lowest BCUT2D eigenvalue weighted by molar-refractivity contribution is -0.153. The highest BCUT2D eigenvalue weighted by Gasteiger charge is 2.57. The second-order valence-electron chi connectivity index (χ2n) is 15.4. The highest BCUT2D eigenvalue weighted by molar-refractivity contribution is 6.74.